The number of rotatable bonds is 24. The highest BCUT2D eigenvalue weighted by molar-refractivity contribution is 5.76. The molecular weight excluding hydrogens is 1010 g/mol. The fraction of sp³-hybridized carbons (Fsp3) is 0.929. The van der Waals surface area contributed by atoms with Gasteiger partial charge in [-0.05, 0) is 25.8 Å². The Hall–Kier alpha value is -2.63. The van der Waals surface area contributed by atoms with Crippen LogP contribution in [0.5, 0.6) is 0 Å². The molecule has 20 N–H and O–H groups in total. The second-order valence-corrected chi connectivity index (χ2v) is 18.5. The first-order valence-electron chi connectivity index (χ1n) is 23.9. The van der Waals surface area contributed by atoms with Crippen LogP contribution in [0.3, 0.4) is 0 Å². The molecule has 0 aromatic rings. The van der Waals surface area contributed by atoms with Crippen LogP contribution in [0.15, 0.2) is 0 Å². The Balaban J connectivity index is 1.42. The molecule has 0 aliphatic carbocycles. The zero-order valence-electron chi connectivity index (χ0n) is 40.3. The molecule has 5 aliphatic heterocycles. The number of carbonyl (C=O) groups is 3. The molecule has 5 saturated heterocycles. The van der Waals surface area contributed by atoms with Gasteiger partial charge >= 0.3 is 5.97 Å². The highest BCUT2D eigenvalue weighted by Crippen LogP contribution is 2.39. The number of amides is 2. The highest BCUT2D eigenvalue weighted by Gasteiger charge is 2.61. The Morgan fingerprint density at radius 1 is 0.595 bits per heavy atom. The van der Waals surface area contributed by atoms with E-state index in [-0.39, 0.29) is 6.61 Å². The summed E-state index contributed by atoms with van der Waals surface area (Å²) < 4.78 is 57.5. The lowest BCUT2D eigenvalue weighted by atomic mass is 9.88. The molecule has 32 heteroatoms. The summed E-state index contributed by atoms with van der Waals surface area (Å²) in [7, 11) is 0. The second kappa shape index (κ2) is 27.8. The minimum Gasteiger partial charge on any atom is -0.477 e. The maximum atomic E-state index is 13.0. The Bertz CT molecular complexity index is 1760. The van der Waals surface area contributed by atoms with E-state index in [0.717, 1.165) is 13.8 Å². The van der Waals surface area contributed by atoms with Gasteiger partial charge < -0.3 is 145 Å². The molecule has 32 nitrogen and oxygen atoms in total. The van der Waals surface area contributed by atoms with Gasteiger partial charge in [0.2, 0.25) is 11.8 Å². The number of nitrogens with two attached hydrogens (primary N) is 1. The number of nitrogens with one attached hydrogen (secondary N) is 2. The molecule has 0 aromatic carbocycles. The van der Waals surface area contributed by atoms with Gasteiger partial charge in [0.05, 0.1) is 45.2 Å². The first-order chi connectivity index (χ1) is 35.0. The van der Waals surface area contributed by atoms with E-state index in [1.807, 2.05) is 0 Å². The van der Waals surface area contributed by atoms with Crippen molar-refractivity contribution in [3.05, 3.63) is 0 Å². The Morgan fingerprint density at radius 3 is 1.61 bits per heavy atom. The van der Waals surface area contributed by atoms with E-state index in [1.54, 1.807) is 0 Å². The summed E-state index contributed by atoms with van der Waals surface area (Å²) in [5.74, 6) is -6.98. The van der Waals surface area contributed by atoms with Crippen molar-refractivity contribution in [2.24, 2.45) is 5.73 Å². The van der Waals surface area contributed by atoms with E-state index in [0.29, 0.717) is 25.8 Å². The van der Waals surface area contributed by atoms with Crippen molar-refractivity contribution in [2.75, 3.05) is 46.2 Å². The van der Waals surface area contributed by atoms with Crippen molar-refractivity contribution in [1.29, 1.82) is 0 Å². The Morgan fingerprint density at radius 2 is 1.08 bits per heavy atom. The van der Waals surface area contributed by atoms with Crippen LogP contribution in [0.1, 0.15) is 39.5 Å². The van der Waals surface area contributed by atoms with Crippen molar-refractivity contribution in [3.8, 4) is 0 Å². The van der Waals surface area contributed by atoms with Crippen LogP contribution >= 0.6 is 0 Å². The molecule has 26 atom stereocenters. The average Bonchev–Trinajstić information content (AvgIpc) is 3.36. The van der Waals surface area contributed by atoms with Crippen LogP contribution < -0.4 is 16.4 Å². The Kier molecular flexibility index (Phi) is 23.4. The molecule has 5 aliphatic rings. The minimum atomic E-state index is -3.19. The largest absolute Gasteiger partial charge is 0.477 e. The number of carbonyl (C=O) groups excluding carboxylic acids is 2. The van der Waals surface area contributed by atoms with Gasteiger partial charge in [0.15, 0.2) is 25.2 Å². The third-order valence-electron chi connectivity index (χ3n) is 13.2. The topological polar surface area (TPSA) is 517 Å². The fourth-order valence-corrected chi connectivity index (χ4v) is 9.28. The van der Waals surface area contributed by atoms with Crippen LogP contribution in [0.2, 0.25) is 0 Å². The van der Waals surface area contributed by atoms with E-state index < -0.39 is 216 Å². The molecule has 74 heavy (non-hydrogen) atoms. The molecular formula is C42H73N3O29. The molecule has 0 saturated carbocycles. The van der Waals surface area contributed by atoms with Crippen LogP contribution in [0, 0.1) is 0 Å². The van der Waals surface area contributed by atoms with Crippen molar-refractivity contribution >= 4 is 17.8 Å². The summed E-state index contributed by atoms with van der Waals surface area (Å²) in [6.07, 6.45) is -44.5. The average molecular weight is 1080 g/mol. The molecule has 0 aromatic heterocycles. The zero-order chi connectivity index (χ0) is 54.9. The quantitative estimate of drug-likeness (QED) is 0.0399. The number of aliphatic carboxylic acids is 1. The third kappa shape index (κ3) is 14.2. The van der Waals surface area contributed by atoms with Crippen molar-refractivity contribution in [3.63, 3.8) is 0 Å². The van der Waals surface area contributed by atoms with Crippen molar-refractivity contribution in [2.45, 2.75) is 199 Å². The van der Waals surface area contributed by atoms with Crippen molar-refractivity contribution in [1.82, 2.24) is 10.6 Å². The van der Waals surface area contributed by atoms with Gasteiger partial charge in [-0.25, -0.2) is 4.79 Å². The maximum Gasteiger partial charge on any atom is 0.364 e. The summed E-state index contributed by atoms with van der Waals surface area (Å²) >= 11 is 0. The molecule has 0 spiro atoms. The lowest BCUT2D eigenvalue weighted by Crippen LogP contribution is -2.71. The molecule has 430 valence electrons. The van der Waals surface area contributed by atoms with Gasteiger partial charge in [-0.3, -0.25) is 9.59 Å². The lowest BCUT2D eigenvalue weighted by Gasteiger charge is -2.51. The maximum absolute atomic E-state index is 13.0. The first-order valence-corrected chi connectivity index (χ1v) is 23.9. The smallest absolute Gasteiger partial charge is 0.364 e. The van der Waals surface area contributed by atoms with Gasteiger partial charge in [0.25, 0.3) is 5.79 Å². The number of hydrogen-bond donors (Lipinski definition) is 19. The summed E-state index contributed by atoms with van der Waals surface area (Å²) in [6.45, 7) is -2.63. The molecule has 0 radical (unpaired) electrons. The van der Waals surface area contributed by atoms with Gasteiger partial charge in [-0.15, -0.1) is 0 Å². The van der Waals surface area contributed by atoms with Gasteiger partial charge in [0.1, 0.15) is 116 Å². The van der Waals surface area contributed by atoms with E-state index in [1.165, 1.54) is 0 Å². The number of unbranched alkanes of at least 4 members (excludes halogenated alkanes) is 2. The molecule has 0 unspecified atom stereocenters. The van der Waals surface area contributed by atoms with Crippen molar-refractivity contribution < 1.29 is 143 Å². The fourth-order valence-electron chi connectivity index (χ4n) is 9.28. The highest BCUT2D eigenvalue weighted by atomic mass is 16.8. The van der Waals surface area contributed by atoms with Gasteiger partial charge in [0, 0.05) is 26.9 Å². The predicted octanol–water partition coefficient (Wildman–Crippen LogP) is -11.3. The van der Waals surface area contributed by atoms with Gasteiger partial charge in [-0.1, -0.05) is 0 Å². The van der Waals surface area contributed by atoms with E-state index in [4.69, 9.17) is 53.1 Å². The first kappa shape index (κ1) is 62.2. The lowest BCUT2D eigenvalue weighted by molar-refractivity contribution is -0.389. The second-order valence-electron chi connectivity index (χ2n) is 18.5. The van der Waals surface area contributed by atoms with E-state index in [2.05, 4.69) is 10.6 Å². The molecule has 2 amide bonds. The van der Waals surface area contributed by atoms with E-state index >= 15 is 0 Å². The monoisotopic (exact) mass is 1080 g/mol. The number of carboxylic acids is 1. The standard InChI is InChI=1S/C42H73N3O29/c1-14(51)44-22-16(53)8-42(41(63)64,73-34(22)24(55)17(54)9-46)74-36-27(58)20(12-49)68-40(31(36)62)71-33-23(45-15(2)52)37(66-18(10-47)25(33)56)72-35-26(57)19(11-48)67-39(30(35)61)70-32-21(13-50)69-38(29(60)28(32)59)65-7-5-3-4-6-43/h16-40,46-50,53-62H,3-13,43H2,1-2H3,(H,44,51)(H,45,52)(H,63,64)/t16-,17+,18+,19+,20+,21+,22+,23+,24+,25+,26-,27-,28+,29+,30+,31+,32+,33+,34+,35-,36-,37-,38+,39-,40-,42-/m0/s1. The summed E-state index contributed by atoms with van der Waals surface area (Å²) in [6, 6.07) is -3.50. The predicted molar refractivity (Wildman–Crippen MR) is 234 cm³/mol. The van der Waals surface area contributed by atoms with E-state index in [9.17, 15) is 96.1 Å². The number of ether oxygens (including phenoxy) is 10. The van der Waals surface area contributed by atoms with Crippen LogP contribution in [0.4, 0.5) is 0 Å². The van der Waals surface area contributed by atoms with Gasteiger partial charge in [-0.2, -0.15) is 0 Å². The SMILES string of the molecule is CC(=O)N[C@H]1[C@H](O[C@H]2[C@@H](O)[C@@H](CO)O[C@@H](O[C@H]3[C@H](O)[C@@H](O)[C@H](OCCCCCN)O[C@@H]3CO)[C@@H]2O)O[C@H](CO)[C@@H](O)[C@@H]1O[C@@H]1O[C@H](CO)[C@H](O)[C@H](O[C@]2(C(=O)O)C[C@H](O)[C@@H](NC(C)=O)[C@H]([C@H](O)[C@H](O)CO)O2)[C@H]1O. The third-order valence-corrected chi connectivity index (χ3v) is 13.2. The molecule has 0 bridgehead atoms. The van der Waals surface area contributed by atoms with Crippen LogP contribution in [-0.2, 0) is 61.8 Å². The van der Waals surface area contributed by atoms with Crippen LogP contribution in [0.25, 0.3) is 0 Å². The molecule has 5 rings (SSSR count). The minimum absolute atomic E-state index is 0.0844. The molecule has 5 heterocycles. The number of hydrogen-bond acceptors (Lipinski definition) is 29. The number of aliphatic hydroxyl groups excluding tert-OH is 15. The zero-order valence-corrected chi connectivity index (χ0v) is 40.3. The summed E-state index contributed by atoms with van der Waals surface area (Å²) in [5.41, 5.74) is 5.51. The summed E-state index contributed by atoms with van der Waals surface area (Å²) in [4.78, 5) is 37.9. The Labute approximate surface area is 421 Å². The summed E-state index contributed by atoms with van der Waals surface area (Å²) in [5, 5.41) is 178. The van der Waals surface area contributed by atoms with Crippen LogP contribution in [-0.4, -0.2) is 305 Å². The number of carboxylic acid groups (broad SMARTS) is 1. The molecule has 5 fully saturated rings. The normalized spacial score (nSPS) is 43.8. The number of aliphatic hydroxyl groups is 15.